The Labute approximate surface area is 505 Å². The summed E-state index contributed by atoms with van der Waals surface area (Å²) >= 11 is 0. The first-order valence-corrected chi connectivity index (χ1v) is 29.2. The van der Waals surface area contributed by atoms with Crippen molar-refractivity contribution in [1.29, 1.82) is 0 Å². The predicted octanol–water partition coefficient (Wildman–Crippen LogP) is 6.73. The van der Waals surface area contributed by atoms with Crippen molar-refractivity contribution in [3.05, 3.63) is 41.4 Å². The number of benzene rings is 1. The second kappa shape index (κ2) is 46.6. The number of hydrogen-bond donors (Lipinski definition) is 8. The van der Waals surface area contributed by atoms with E-state index < -0.39 is 70.8 Å². The topological polar surface area (TPSA) is 317 Å². The zero-order valence-corrected chi connectivity index (χ0v) is 51.9. The third kappa shape index (κ3) is 39.4. The molecular formula is C59H98FN6O14Y-. The average molecular weight is 1220 g/mol. The summed E-state index contributed by atoms with van der Waals surface area (Å²) in [4.78, 5) is 112. The molecular weight excluding hydrogens is 1120 g/mol. The van der Waals surface area contributed by atoms with Crippen molar-refractivity contribution in [2.45, 2.75) is 211 Å². The van der Waals surface area contributed by atoms with Gasteiger partial charge in [0, 0.05) is 77.9 Å². The van der Waals surface area contributed by atoms with Crippen molar-refractivity contribution in [1.82, 2.24) is 26.6 Å². The Kier molecular flexibility index (Phi) is 44.4. The van der Waals surface area contributed by atoms with Crippen LogP contribution in [0.15, 0.2) is 24.3 Å². The zero-order chi connectivity index (χ0) is 59.6. The SMILES string of the molecule is CC(=O)[C@H](CO)NCC(=O)[C@H](CCCCNC(=O)COCCOCCNC(=O)CC[C@H](CC(=O)CCCCCCCCCCCCCCCCCCC(=O)O)C(=O)O)NCC(=O)[C@](C)(Cc1ccccc1F)NCC(=O)C(C)(C)[NH-].[Y]. The van der Waals surface area contributed by atoms with Gasteiger partial charge < -0.3 is 46.5 Å². The maximum atomic E-state index is 14.8. The maximum Gasteiger partial charge on any atom is 0.306 e. The molecule has 0 aliphatic heterocycles. The predicted molar refractivity (Wildman–Crippen MR) is 304 cm³/mol. The maximum absolute atomic E-state index is 14.8. The Morgan fingerprint density at radius 2 is 1.16 bits per heavy atom. The van der Waals surface area contributed by atoms with Gasteiger partial charge in [-0.3, -0.25) is 53.8 Å². The largest absolute Gasteiger partial charge is 0.666 e. The van der Waals surface area contributed by atoms with Crippen LogP contribution < -0.4 is 26.6 Å². The molecule has 1 aromatic carbocycles. The number of halogens is 1. The van der Waals surface area contributed by atoms with Crippen LogP contribution in [-0.2, 0) is 91.8 Å². The van der Waals surface area contributed by atoms with Crippen LogP contribution in [0.3, 0.4) is 0 Å². The first-order chi connectivity index (χ1) is 38.1. The van der Waals surface area contributed by atoms with E-state index in [9.17, 15) is 57.8 Å². The number of ether oxygens (including phenoxy) is 2. The van der Waals surface area contributed by atoms with E-state index in [1.165, 1.54) is 104 Å². The van der Waals surface area contributed by atoms with Gasteiger partial charge in [0.1, 0.15) is 29.8 Å². The zero-order valence-electron chi connectivity index (χ0n) is 49.1. The van der Waals surface area contributed by atoms with Gasteiger partial charge in [0.2, 0.25) is 11.8 Å². The molecule has 1 aromatic rings. The van der Waals surface area contributed by atoms with Crippen LogP contribution in [0, 0.1) is 11.7 Å². The molecule has 0 aromatic heterocycles. The van der Waals surface area contributed by atoms with Gasteiger partial charge >= 0.3 is 11.9 Å². The van der Waals surface area contributed by atoms with Gasteiger partial charge in [0.25, 0.3) is 0 Å². The quantitative estimate of drug-likeness (QED) is 0.0313. The number of rotatable bonds is 54. The van der Waals surface area contributed by atoms with Crippen LogP contribution >= 0.6 is 0 Å². The molecule has 0 aliphatic rings. The van der Waals surface area contributed by atoms with Crippen molar-refractivity contribution in [3.63, 3.8) is 0 Å². The number of nitrogens with one attached hydrogen (secondary N) is 6. The van der Waals surface area contributed by atoms with Gasteiger partial charge in [-0.2, -0.15) is 0 Å². The van der Waals surface area contributed by atoms with Crippen LogP contribution in [0.1, 0.15) is 187 Å². The summed E-state index contributed by atoms with van der Waals surface area (Å²) in [7, 11) is 0. The minimum atomic E-state index is -1.48. The fourth-order valence-corrected chi connectivity index (χ4v) is 8.81. The number of Topliss-reactive ketones (excluding diaryl/α,β-unsaturated/α-hetero) is 5. The summed E-state index contributed by atoms with van der Waals surface area (Å²) in [6.45, 7) is 4.70. The number of unbranched alkanes of at least 4 members (excludes halogenated alkanes) is 16. The number of hydrogen-bond acceptors (Lipinski definition) is 15. The Bertz CT molecular complexity index is 2010. The standard InChI is InChI=1S/C59H98FN6O14.Y/c1-44(68)50(42-67)64-39-51(70)49(65-40-53(72)59(4,66-41-52(71)58(2,3)61)38-46-25-21-22-27-48(46)60)28-23-24-32-62-55(74)43-80-36-35-79-34-33-63-54(73)31-30-45(57(77)78)37-47(69)26-19-17-15-13-11-9-7-5-6-8-10-12-14-16-18-20-29-56(75)76;/h21-22,25,27,45,49-50,61,64-67H,5-20,23-24,26,28-43H2,1-4H3,(H,62,74)(H,63,73)(H,75,76)(H,77,78);/q-1;/t45-,49+,50+,59+;/m1./s1. The van der Waals surface area contributed by atoms with Crippen molar-refractivity contribution in [2.24, 2.45) is 5.92 Å². The fraction of sp³-hybridized carbons (Fsp3) is 0.746. The van der Waals surface area contributed by atoms with E-state index in [4.69, 9.17) is 20.3 Å². The number of carboxylic acid groups (broad SMARTS) is 2. The number of carbonyl (C=O) groups excluding carboxylic acids is 7. The van der Waals surface area contributed by atoms with E-state index in [0.717, 1.165) is 44.9 Å². The van der Waals surface area contributed by atoms with Crippen molar-refractivity contribution in [3.8, 4) is 0 Å². The molecule has 459 valence electrons. The minimum absolute atomic E-state index is 0. The van der Waals surface area contributed by atoms with E-state index in [1.807, 2.05) is 0 Å². The molecule has 0 bridgehead atoms. The van der Waals surface area contributed by atoms with Gasteiger partial charge in [-0.25, -0.2) is 4.39 Å². The fourth-order valence-electron chi connectivity index (χ4n) is 8.81. The third-order valence-electron chi connectivity index (χ3n) is 14.1. The molecule has 0 aliphatic carbocycles. The summed E-state index contributed by atoms with van der Waals surface area (Å²) in [5, 5.41) is 42.0. The third-order valence-corrected chi connectivity index (χ3v) is 14.1. The number of carboxylic acids is 2. The molecule has 1 radical (unpaired) electrons. The van der Waals surface area contributed by atoms with Gasteiger partial charge in [-0.15, -0.1) is 0 Å². The normalized spacial score (nSPS) is 13.3. The number of ketones is 5. The van der Waals surface area contributed by atoms with Crippen LogP contribution in [0.4, 0.5) is 4.39 Å². The number of carbonyl (C=O) groups is 9. The smallest absolute Gasteiger partial charge is 0.306 e. The second-order valence-corrected chi connectivity index (χ2v) is 21.8. The van der Waals surface area contributed by atoms with Crippen LogP contribution in [-0.4, -0.2) is 157 Å². The van der Waals surface area contributed by atoms with Crippen molar-refractivity contribution < 1.29 is 105 Å². The molecule has 1 rings (SSSR count). The van der Waals surface area contributed by atoms with E-state index in [-0.39, 0.29) is 159 Å². The Balaban J connectivity index is 0.0000640. The molecule has 4 atom stereocenters. The Hall–Kier alpha value is -3.80. The summed E-state index contributed by atoms with van der Waals surface area (Å²) in [5.74, 6) is -5.85. The van der Waals surface area contributed by atoms with E-state index in [2.05, 4.69) is 26.6 Å². The molecule has 0 fully saturated rings. The molecule has 9 N–H and O–H groups in total. The first-order valence-electron chi connectivity index (χ1n) is 29.2. The molecule has 20 nitrogen and oxygen atoms in total. The van der Waals surface area contributed by atoms with Gasteiger partial charge in [0.15, 0.2) is 11.6 Å². The summed E-state index contributed by atoms with van der Waals surface area (Å²) in [6, 6.07) is 4.05. The first kappa shape index (κ1) is 77.2. The van der Waals surface area contributed by atoms with Crippen LogP contribution in [0.5, 0.6) is 0 Å². The number of amides is 2. The summed E-state index contributed by atoms with van der Waals surface area (Å²) in [6.07, 6.45) is 19.2. The summed E-state index contributed by atoms with van der Waals surface area (Å²) in [5.41, 5.74) is 5.39. The van der Waals surface area contributed by atoms with Gasteiger partial charge in [-0.05, 0) is 64.0 Å². The number of aliphatic carboxylic acids is 2. The van der Waals surface area contributed by atoms with Crippen LogP contribution in [0.25, 0.3) is 5.73 Å². The molecule has 2 amide bonds. The minimum Gasteiger partial charge on any atom is -0.666 e. The molecule has 0 unspecified atom stereocenters. The molecule has 0 heterocycles. The number of aliphatic hydroxyl groups excluding tert-OH is 1. The van der Waals surface area contributed by atoms with Crippen molar-refractivity contribution in [2.75, 3.05) is 65.8 Å². The van der Waals surface area contributed by atoms with E-state index >= 15 is 0 Å². The Morgan fingerprint density at radius 1 is 0.617 bits per heavy atom. The molecule has 0 spiro atoms. The van der Waals surface area contributed by atoms with Gasteiger partial charge in [0.05, 0.1) is 69.6 Å². The van der Waals surface area contributed by atoms with Crippen LogP contribution in [0.2, 0.25) is 0 Å². The Morgan fingerprint density at radius 3 is 1.70 bits per heavy atom. The monoisotopic (exact) mass is 1220 g/mol. The summed E-state index contributed by atoms with van der Waals surface area (Å²) < 4.78 is 25.6. The number of aliphatic hydroxyl groups is 1. The van der Waals surface area contributed by atoms with Gasteiger partial charge in [-0.1, -0.05) is 127 Å². The molecule has 22 heteroatoms. The molecule has 0 saturated carbocycles. The van der Waals surface area contributed by atoms with Crippen molar-refractivity contribution >= 4 is 52.7 Å². The molecule has 81 heavy (non-hydrogen) atoms. The average Bonchev–Trinajstić information content (AvgIpc) is 3.40. The van der Waals surface area contributed by atoms with E-state index in [1.54, 1.807) is 6.07 Å². The molecule has 0 saturated heterocycles. The van der Waals surface area contributed by atoms with E-state index in [0.29, 0.717) is 19.3 Å². The second-order valence-electron chi connectivity index (χ2n) is 21.8.